The van der Waals surface area contributed by atoms with Gasteiger partial charge in [-0.3, -0.25) is 0 Å². The first-order valence-electron chi connectivity index (χ1n) is 9.43. The number of hydrogen-bond acceptors (Lipinski definition) is 0. The van der Waals surface area contributed by atoms with E-state index in [0.717, 1.165) is 0 Å². The second-order valence-electron chi connectivity index (χ2n) is 6.46. The summed E-state index contributed by atoms with van der Waals surface area (Å²) >= 11 is -2.21. The van der Waals surface area contributed by atoms with Gasteiger partial charge in [0, 0.05) is 0 Å². The van der Waals surface area contributed by atoms with Gasteiger partial charge in [0.25, 0.3) is 0 Å². The molecule has 5 heteroatoms. The molecule has 0 spiro atoms. The van der Waals surface area contributed by atoms with Crippen molar-refractivity contribution in [1.29, 1.82) is 0 Å². The quantitative estimate of drug-likeness (QED) is 0.195. The van der Waals surface area contributed by atoms with Crippen LogP contribution in [-0.2, 0) is 13.5 Å². The van der Waals surface area contributed by atoms with Gasteiger partial charge in [0.05, 0.1) is 0 Å². The monoisotopic (exact) mass is 554 g/mol. The van der Waals surface area contributed by atoms with E-state index in [-0.39, 0.29) is 0 Å². The second-order valence-corrected chi connectivity index (χ2v) is 18.2. The molecule has 0 N–H and O–H groups in total. The van der Waals surface area contributed by atoms with Crippen LogP contribution in [0.15, 0.2) is 121 Å². The van der Waals surface area contributed by atoms with Gasteiger partial charge in [-0.2, -0.15) is 0 Å². The zero-order chi connectivity index (χ0) is 20.8. The van der Waals surface area contributed by atoms with Gasteiger partial charge >= 0.3 is 195 Å². The fraction of sp³-hybridized carbons (Fsp3) is 0. The van der Waals surface area contributed by atoms with Crippen molar-refractivity contribution in [3.8, 4) is 0 Å². The molecule has 0 aliphatic heterocycles. The number of rotatable bonds is 6. The molecule has 0 amide bonds. The Bertz CT molecular complexity index is 937. The molecule has 4 aromatic rings. The molecule has 0 saturated heterocycles. The maximum atomic E-state index is 6.94. The van der Waals surface area contributed by atoms with Crippen molar-refractivity contribution >= 4 is 60.0 Å². The van der Waals surface area contributed by atoms with E-state index in [4.69, 9.17) is 19.4 Å². The summed E-state index contributed by atoms with van der Waals surface area (Å²) in [6.45, 7) is 0. The van der Waals surface area contributed by atoms with Gasteiger partial charge in [-0.15, -0.1) is 0 Å². The Hall–Kier alpha value is -1.19. The van der Waals surface area contributed by atoms with Gasteiger partial charge in [-0.05, 0) is 0 Å². The summed E-state index contributed by atoms with van der Waals surface area (Å²) < 4.78 is 1.34. The molecule has 152 valence electrons. The van der Waals surface area contributed by atoms with Crippen LogP contribution in [0.25, 0.3) is 0 Å². The molecule has 0 radical (unpaired) electrons. The molecule has 0 unspecified atom stereocenters. The van der Waals surface area contributed by atoms with Crippen LogP contribution in [0.1, 0.15) is 0 Å². The van der Waals surface area contributed by atoms with E-state index < -0.39 is 29.4 Å². The predicted molar refractivity (Wildman–Crippen MR) is 135 cm³/mol. The van der Waals surface area contributed by atoms with E-state index in [1.165, 1.54) is 24.8 Å². The van der Waals surface area contributed by atoms with Gasteiger partial charge in [-0.25, -0.2) is 0 Å². The molecule has 4 aromatic carbocycles. The van der Waals surface area contributed by atoms with Crippen molar-refractivity contribution in [3.63, 3.8) is 0 Å². The summed E-state index contributed by atoms with van der Waals surface area (Å²) in [6, 6.07) is 42.9. The fourth-order valence-corrected chi connectivity index (χ4v) is 17.7. The number of halogens is 2. The molecule has 0 atom stereocenters. The van der Waals surface area contributed by atoms with Crippen LogP contribution in [0.2, 0.25) is 0 Å². The fourth-order valence-electron chi connectivity index (χ4n) is 3.24. The van der Waals surface area contributed by atoms with E-state index >= 15 is 0 Å². The van der Waals surface area contributed by atoms with Gasteiger partial charge in [-0.1, -0.05) is 0 Å². The third kappa shape index (κ3) is 5.17. The van der Waals surface area contributed by atoms with Crippen molar-refractivity contribution < 1.29 is 13.5 Å². The van der Waals surface area contributed by atoms with Crippen LogP contribution < -0.4 is 21.2 Å². The van der Waals surface area contributed by atoms with Gasteiger partial charge in [0.1, 0.15) is 0 Å². The summed E-state index contributed by atoms with van der Waals surface area (Å²) in [4.78, 5) is 0. The molecular weight excluding hydrogens is 534 g/mol. The van der Waals surface area contributed by atoms with Crippen LogP contribution in [0, 0.1) is 0 Å². The van der Waals surface area contributed by atoms with E-state index in [2.05, 4.69) is 121 Å². The second kappa shape index (κ2) is 10.9. The van der Waals surface area contributed by atoms with Crippen LogP contribution >= 0.6 is 35.2 Å². The molecule has 0 saturated carbocycles. The first-order chi connectivity index (χ1) is 14.8. The maximum absolute atomic E-state index is 6.94. The summed E-state index contributed by atoms with van der Waals surface area (Å²) in [7, 11) is 12.3. The Morgan fingerprint density at radius 2 is 0.667 bits per heavy atom. The summed E-state index contributed by atoms with van der Waals surface area (Å²) in [5, 5.41) is 5.20. The number of hydrogen-bond donors (Lipinski definition) is 0. The zero-order valence-corrected chi connectivity index (χ0v) is 21.1. The molecule has 0 heterocycles. The average Bonchev–Trinajstić information content (AvgIpc) is 2.81. The van der Waals surface area contributed by atoms with Gasteiger partial charge in [0.2, 0.25) is 0 Å². The summed E-state index contributed by atoms with van der Waals surface area (Å²) in [6.07, 6.45) is 0. The van der Waals surface area contributed by atoms with E-state index in [9.17, 15) is 0 Å². The Kier molecular flexibility index (Phi) is 8.01. The van der Waals surface area contributed by atoms with E-state index in [1.807, 2.05) is 0 Å². The minimum atomic E-state index is -2.21. The molecule has 0 aromatic heterocycles. The van der Waals surface area contributed by atoms with E-state index in [1.54, 1.807) is 0 Å². The molecular formula is C25H20Cl2P2Ru. The van der Waals surface area contributed by atoms with Crippen molar-refractivity contribution in [2.24, 2.45) is 0 Å². The first-order valence-corrected chi connectivity index (χ1v) is 17.5. The van der Waals surface area contributed by atoms with Crippen LogP contribution in [0.4, 0.5) is 0 Å². The first kappa shape index (κ1) is 22.0. The van der Waals surface area contributed by atoms with Crippen molar-refractivity contribution in [2.45, 2.75) is 0 Å². The van der Waals surface area contributed by atoms with Gasteiger partial charge < -0.3 is 0 Å². The molecule has 30 heavy (non-hydrogen) atoms. The number of benzene rings is 4. The Labute approximate surface area is 193 Å². The zero-order valence-electron chi connectivity index (χ0n) is 16.1. The van der Waals surface area contributed by atoms with Crippen molar-refractivity contribution in [1.82, 2.24) is 0 Å². The predicted octanol–water partition coefficient (Wildman–Crippen LogP) is 6.27. The van der Waals surface area contributed by atoms with Crippen molar-refractivity contribution in [3.05, 3.63) is 121 Å². The molecule has 0 nitrogen and oxygen atoms in total. The van der Waals surface area contributed by atoms with Gasteiger partial charge in [0.15, 0.2) is 0 Å². The molecule has 0 fully saturated rings. The molecule has 0 bridgehead atoms. The molecule has 0 aliphatic rings. The SMILES string of the molecule is [Cl][Ru]([Cl])=[C](P(c1ccccc1)c1ccccc1)P(c1ccccc1)c1ccccc1. The minimum absolute atomic E-state index is 0.795. The van der Waals surface area contributed by atoms with Crippen LogP contribution in [0.3, 0.4) is 0 Å². The van der Waals surface area contributed by atoms with Crippen LogP contribution in [0.5, 0.6) is 0 Å². The Morgan fingerprint density at radius 1 is 0.433 bits per heavy atom. The third-order valence-corrected chi connectivity index (χ3v) is 18.3. The van der Waals surface area contributed by atoms with Crippen LogP contribution in [-0.4, -0.2) is 3.59 Å². The molecule has 0 aliphatic carbocycles. The third-order valence-electron chi connectivity index (χ3n) is 4.54. The topological polar surface area (TPSA) is 0 Å². The standard InChI is InChI=1S/C25H20P2.2ClH.Ru/c1-5-13-22(14-6-1)26(23-15-7-2-8-16-23)21-27(24-17-9-3-10-18-24)25-19-11-4-12-20-25;;;/h1-20H;2*1H;/q;;;+2/p-2. The summed E-state index contributed by atoms with van der Waals surface area (Å²) in [5.74, 6) is 0. The van der Waals surface area contributed by atoms with E-state index in [0.29, 0.717) is 0 Å². The molecule has 4 rings (SSSR count). The van der Waals surface area contributed by atoms with Crippen molar-refractivity contribution in [2.75, 3.05) is 0 Å². The average molecular weight is 554 g/mol. The Morgan fingerprint density at radius 3 is 0.867 bits per heavy atom. The Balaban J connectivity index is 1.97. The summed E-state index contributed by atoms with van der Waals surface area (Å²) in [5.41, 5.74) is 0. The normalized spacial score (nSPS) is 11.5.